The second kappa shape index (κ2) is 19.2. The second-order valence-corrected chi connectivity index (χ2v) is 15.6. The highest BCUT2D eigenvalue weighted by molar-refractivity contribution is 6.00. The first-order chi connectivity index (χ1) is 30.8. The van der Waals surface area contributed by atoms with Gasteiger partial charge in [0.2, 0.25) is 0 Å². The summed E-state index contributed by atoms with van der Waals surface area (Å²) in [7, 11) is 5.48. The topological polar surface area (TPSA) is 163 Å². The Morgan fingerprint density at radius 2 is 1.00 bits per heavy atom. The molecule has 0 aliphatic carbocycles. The van der Waals surface area contributed by atoms with Crippen molar-refractivity contribution in [3.8, 4) is 0 Å². The Morgan fingerprint density at radius 1 is 0.516 bits per heavy atom. The van der Waals surface area contributed by atoms with E-state index >= 15 is 0 Å². The van der Waals surface area contributed by atoms with Crippen molar-refractivity contribution < 1.29 is 38.1 Å². The van der Waals surface area contributed by atoms with E-state index in [-0.39, 0.29) is 24.8 Å². The van der Waals surface area contributed by atoms with E-state index in [2.05, 4.69) is 16.9 Å². The van der Waals surface area contributed by atoms with Crippen LogP contribution in [0.4, 0.5) is 0 Å². The largest absolute Gasteiger partial charge is 0.469 e. The number of fused-ring (bicyclic) bond motifs is 8. The number of carbonyl (C=O) groups is 4. The lowest BCUT2D eigenvalue weighted by Gasteiger charge is -2.04. The number of nitrogens with zero attached hydrogens (tertiary/aromatic N) is 2. The standard InChI is InChI=1S/C52H50N4O8/c1-29-37(19-13-33-9-15-35(16-10-33)51(59)63-7)45-26-43-30(2)38(20-14-34-11-17-36(18-12-34)52(60)64-8)46(55-43)27-44-32(4)40(22-24-50(58)62-6)48(56-44)28-47-39(21-23-49(57)61-5)31(3)42(54-47)25-41(29)53-45/h9-20,25-28,53,56H,21-24H2,1-8H3/b19-13+,20-14+,41-25?,42-25?,43-26?,44-27?,45-26?,46-27?,47-28?,48-28?. The summed E-state index contributed by atoms with van der Waals surface area (Å²) in [6.07, 6.45) is 9.24. The third-order valence-corrected chi connectivity index (χ3v) is 11.8. The first kappa shape index (κ1) is 44.5. The van der Waals surface area contributed by atoms with Gasteiger partial charge in [0.15, 0.2) is 0 Å². The van der Waals surface area contributed by atoms with E-state index in [1.807, 2.05) is 93.6 Å². The Labute approximate surface area is 371 Å². The van der Waals surface area contributed by atoms with E-state index < -0.39 is 11.9 Å². The molecule has 2 aliphatic rings. The zero-order chi connectivity index (χ0) is 45.7. The Kier molecular flexibility index (Phi) is 13.3. The third kappa shape index (κ3) is 9.41. The smallest absolute Gasteiger partial charge is 0.337 e. The molecule has 0 unspecified atom stereocenters. The van der Waals surface area contributed by atoms with Crippen molar-refractivity contribution in [3.63, 3.8) is 0 Å². The van der Waals surface area contributed by atoms with Gasteiger partial charge < -0.3 is 28.9 Å². The fraction of sp³-hybridized carbons (Fsp3) is 0.231. The monoisotopic (exact) mass is 858 g/mol. The van der Waals surface area contributed by atoms with Gasteiger partial charge in [-0.2, -0.15) is 0 Å². The molecule has 64 heavy (non-hydrogen) atoms. The van der Waals surface area contributed by atoms with Gasteiger partial charge in [0.1, 0.15) is 0 Å². The van der Waals surface area contributed by atoms with Crippen molar-refractivity contribution in [2.24, 2.45) is 0 Å². The van der Waals surface area contributed by atoms with Crippen LogP contribution in [0.3, 0.4) is 0 Å². The molecular weight excluding hydrogens is 809 g/mol. The number of allylic oxidation sites excluding steroid dienone is 5. The van der Waals surface area contributed by atoms with Crippen molar-refractivity contribution in [2.75, 3.05) is 28.4 Å². The van der Waals surface area contributed by atoms with Gasteiger partial charge in [-0.1, -0.05) is 48.6 Å². The number of aromatic amines is 2. The minimum atomic E-state index is -0.406. The van der Waals surface area contributed by atoms with Crippen LogP contribution in [-0.2, 0) is 35.0 Å². The molecule has 5 aromatic rings. The number of H-pyrrole nitrogens is 2. The average molecular weight is 859 g/mol. The number of hydrogen-bond donors (Lipinski definition) is 2. The molecule has 0 amide bonds. The summed E-state index contributed by atoms with van der Waals surface area (Å²) in [5.74, 6) is -1.45. The molecule has 12 nitrogen and oxygen atoms in total. The third-order valence-electron chi connectivity index (χ3n) is 11.8. The summed E-state index contributed by atoms with van der Waals surface area (Å²) < 4.78 is 19.8. The van der Waals surface area contributed by atoms with Gasteiger partial charge in [-0.15, -0.1) is 0 Å². The summed E-state index contributed by atoms with van der Waals surface area (Å²) >= 11 is 0. The number of nitrogens with one attached hydrogen (secondary N) is 2. The van der Waals surface area contributed by atoms with Crippen LogP contribution in [0.2, 0.25) is 0 Å². The Hall–Kier alpha value is -7.60. The number of rotatable bonds is 12. The van der Waals surface area contributed by atoms with Gasteiger partial charge >= 0.3 is 23.9 Å². The number of hydrogen-bond acceptors (Lipinski definition) is 10. The van der Waals surface area contributed by atoms with Crippen LogP contribution in [-0.4, -0.2) is 72.3 Å². The lowest BCUT2D eigenvalue weighted by atomic mass is 10.00. The van der Waals surface area contributed by atoms with Crippen LogP contribution >= 0.6 is 0 Å². The maximum absolute atomic E-state index is 12.5. The maximum atomic E-state index is 12.5. The summed E-state index contributed by atoms with van der Waals surface area (Å²) in [5, 5.41) is 0. The van der Waals surface area contributed by atoms with E-state index in [1.54, 1.807) is 24.3 Å². The van der Waals surface area contributed by atoms with E-state index in [0.29, 0.717) is 29.7 Å². The van der Waals surface area contributed by atoms with Crippen molar-refractivity contribution in [1.82, 2.24) is 19.9 Å². The molecule has 0 atom stereocenters. The molecule has 0 saturated heterocycles. The van der Waals surface area contributed by atoms with Crippen molar-refractivity contribution in [1.29, 1.82) is 0 Å². The molecule has 3 aromatic heterocycles. The van der Waals surface area contributed by atoms with E-state index in [1.165, 1.54) is 28.4 Å². The van der Waals surface area contributed by atoms with Crippen LogP contribution < -0.4 is 0 Å². The molecule has 2 aliphatic heterocycles. The molecule has 7 rings (SSSR count). The molecule has 326 valence electrons. The van der Waals surface area contributed by atoms with E-state index in [4.69, 9.17) is 28.9 Å². The number of carbonyl (C=O) groups excluding carboxylic acids is 4. The molecule has 5 heterocycles. The molecule has 0 fully saturated rings. The number of aromatic nitrogens is 4. The first-order valence-corrected chi connectivity index (χ1v) is 20.8. The van der Waals surface area contributed by atoms with Crippen LogP contribution in [0.5, 0.6) is 0 Å². The predicted octanol–water partition coefficient (Wildman–Crippen LogP) is 10.3. The van der Waals surface area contributed by atoms with Gasteiger partial charge in [0.25, 0.3) is 0 Å². The SMILES string of the molecule is COC(=O)CCC1=C(C)c2cc3[nH]c(cc4nc(cc5[nH]c(cc1n2)c(CCC(=O)OC)c5C)C(/C=C/c1ccc(C(=O)OC)cc1)=C4C)c(/C=C/c1ccc(C(=O)OC)cc1)c3C. The Bertz CT molecular complexity index is 2980. The quantitative estimate of drug-likeness (QED) is 0.0912. The molecule has 12 heteroatoms. The van der Waals surface area contributed by atoms with Crippen LogP contribution in [0, 0.1) is 13.8 Å². The number of benzene rings is 2. The van der Waals surface area contributed by atoms with E-state index in [9.17, 15) is 19.2 Å². The predicted molar refractivity (Wildman–Crippen MR) is 251 cm³/mol. The molecule has 8 bridgehead atoms. The van der Waals surface area contributed by atoms with Crippen LogP contribution in [0.1, 0.15) is 110 Å². The highest BCUT2D eigenvalue weighted by Crippen LogP contribution is 2.37. The summed E-state index contributed by atoms with van der Waals surface area (Å²) in [6, 6.07) is 22.5. The molecule has 0 saturated carbocycles. The van der Waals surface area contributed by atoms with Gasteiger partial charge in [-0.25, -0.2) is 19.6 Å². The molecular formula is C52H50N4O8. The van der Waals surface area contributed by atoms with Gasteiger partial charge in [-0.3, -0.25) is 9.59 Å². The fourth-order valence-corrected chi connectivity index (χ4v) is 7.92. The number of aryl methyl sites for hydroxylation is 3. The first-order valence-electron chi connectivity index (χ1n) is 20.8. The van der Waals surface area contributed by atoms with Gasteiger partial charge in [-0.05, 0) is 134 Å². The Morgan fingerprint density at radius 3 is 1.59 bits per heavy atom. The highest BCUT2D eigenvalue weighted by Gasteiger charge is 2.22. The highest BCUT2D eigenvalue weighted by atomic mass is 16.5. The lowest BCUT2D eigenvalue weighted by Crippen LogP contribution is -2.02. The van der Waals surface area contributed by atoms with Crippen molar-refractivity contribution in [2.45, 2.75) is 53.4 Å². The van der Waals surface area contributed by atoms with Crippen LogP contribution in [0.25, 0.3) is 62.6 Å². The van der Waals surface area contributed by atoms with Crippen LogP contribution in [0.15, 0.2) is 78.9 Å². The maximum Gasteiger partial charge on any atom is 0.337 e. The summed E-state index contributed by atoms with van der Waals surface area (Å²) in [4.78, 5) is 66.9. The second-order valence-electron chi connectivity index (χ2n) is 15.6. The Balaban J connectivity index is 1.50. The number of methoxy groups -OCH3 is 4. The van der Waals surface area contributed by atoms with Crippen molar-refractivity contribution in [3.05, 3.63) is 146 Å². The van der Waals surface area contributed by atoms with Gasteiger partial charge in [0, 0.05) is 46.0 Å². The number of esters is 4. The zero-order valence-corrected chi connectivity index (χ0v) is 37.2. The fourth-order valence-electron chi connectivity index (χ4n) is 7.92. The normalized spacial score (nSPS) is 12.6. The average Bonchev–Trinajstić information content (AvgIpc) is 3.97. The summed E-state index contributed by atoms with van der Waals surface area (Å²) in [5.41, 5.74) is 16.3. The minimum Gasteiger partial charge on any atom is -0.469 e. The summed E-state index contributed by atoms with van der Waals surface area (Å²) in [6.45, 7) is 8.13. The molecule has 2 N–H and O–H groups in total. The van der Waals surface area contributed by atoms with Crippen molar-refractivity contribution >= 4 is 86.5 Å². The van der Waals surface area contributed by atoms with E-state index in [0.717, 1.165) is 94.8 Å². The molecule has 0 spiro atoms. The number of ether oxygens (including phenoxy) is 4. The molecule has 0 radical (unpaired) electrons. The minimum absolute atomic E-state index is 0.174. The van der Waals surface area contributed by atoms with Gasteiger partial charge in [0.05, 0.1) is 62.3 Å². The molecule has 2 aromatic carbocycles. The zero-order valence-electron chi connectivity index (χ0n) is 37.2. The lowest BCUT2D eigenvalue weighted by molar-refractivity contribution is -0.141.